The van der Waals surface area contributed by atoms with E-state index < -0.39 is 97.5 Å². The SMILES string of the molecule is CC(C)CCCCCCCCCCCCCCCCCC(=O)O[C@H](COC(=O)CCCCCCCCC(C)C)COP(=O)(O)OCC(O)COP(=O)(O)OC[C@@H](COC(=O)CCCCCCCCCCCCCC(C)C)OC(=O)CCCCCCCCCCCCCCCCC(C)C. The molecule has 0 spiro atoms. The largest absolute Gasteiger partial charge is 0.472 e. The van der Waals surface area contributed by atoms with E-state index in [1.807, 2.05) is 0 Å². The van der Waals surface area contributed by atoms with Gasteiger partial charge in [0.25, 0.3) is 0 Å². The van der Waals surface area contributed by atoms with Crippen LogP contribution in [-0.2, 0) is 65.4 Å². The van der Waals surface area contributed by atoms with Crippen LogP contribution in [0.25, 0.3) is 0 Å². The van der Waals surface area contributed by atoms with Crippen molar-refractivity contribution in [2.45, 2.75) is 420 Å². The minimum Gasteiger partial charge on any atom is -0.462 e. The van der Waals surface area contributed by atoms with E-state index in [1.54, 1.807) is 0 Å². The third-order valence-electron chi connectivity index (χ3n) is 18.3. The van der Waals surface area contributed by atoms with Crippen molar-refractivity contribution < 1.29 is 80.2 Å². The Morgan fingerprint density at radius 1 is 0.255 bits per heavy atom. The number of ether oxygens (including phenoxy) is 4. The first kappa shape index (κ1) is 96.1. The van der Waals surface area contributed by atoms with Crippen LogP contribution >= 0.6 is 15.6 Å². The Morgan fingerprint density at radius 2 is 0.429 bits per heavy atom. The molecule has 0 aliphatic carbocycles. The molecule has 0 bridgehead atoms. The standard InChI is InChI=1S/C79H154O17P2/c1-69(2)55-47-39-31-25-19-14-10-9-11-16-22-29-35-45-53-62-79(84)96-75(66-90-77(82)60-52-44-38-37-42-50-58-72(7)8)68-94-98(87,88)92-64-73(80)63-91-97(85,86)93-67-74(65-89-76(81)59-51-43-34-28-24-18-21-27-33-41-49-57-71(5)6)95-78(83)61-54-46-36-30-23-17-13-12-15-20-26-32-40-48-56-70(3)4/h69-75,80H,9-68H2,1-8H3,(H,85,86)(H,87,88)/t73?,74-,75-/m1/s1. The fraction of sp³-hybridized carbons (Fsp3) is 0.949. The van der Waals surface area contributed by atoms with Crippen molar-refractivity contribution >= 4 is 39.5 Å². The van der Waals surface area contributed by atoms with Crippen LogP contribution in [0.1, 0.15) is 402 Å². The zero-order valence-electron chi connectivity index (χ0n) is 64.4. The maximum absolute atomic E-state index is 13.1. The number of unbranched alkanes of at least 4 members (excludes halogenated alkanes) is 42. The zero-order chi connectivity index (χ0) is 72.4. The van der Waals surface area contributed by atoms with Crippen molar-refractivity contribution in [3.8, 4) is 0 Å². The third-order valence-corrected chi connectivity index (χ3v) is 20.2. The molecule has 0 aromatic carbocycles. The first-order valence-corrected chi connectivity index (χ1v) is 43.7. The molecule has 0 rings (SSSR count). The zero-order valence-corrected chi connectivity index (χ0v) is 66.2. The van der Waals surface area contributed by atoms with Gasteiger partial charge in [0.05, 0.1) is 26.4 Å². The predicted molar refractivity (Wildman–Crippen MR) is 400 cm³/mol. The van der Waals surface area contributed by atoms with E-state index in [2.05, 4.69) is 55.4 Å². The quantitative estimate of drug-likeness (QED) is 0.0222. The Morgan fingerprint density at radius 3 is 0.633 bits per heavy atom. The third kappa shape index (κ3) is 72.4. The molecule has 3 N–H and O–H groups in total. The van der Waals surface area contributed by atoms with E-state index in [-0.39, 0.29) is 25.7 Å². The second-order valence-electron chi connectivity index (χ2n) is 30.4. The molecular formula is C79H154O17P2. The highest BCUT2D eigenvalue weighted by Gasteiger charge is 2.30. The number of rotatable bonds is 76. The van der Waals surface area contributed by atoms with Crippen molar-refractivity contribution in [3.63, 3.8) is 0 Å². The minimum atomic E-state index is -4.96. The predicted octanol–water partition coefficient (Wildman–Crippen LogP) is 23.2. The van der Waals surface area contributed by atoms with Gasteiger partial charge >= 0.3 is 39.5 Å². The summed E-state index contributed by atoms with van der Waals surface area (Å²) >= 11 is 0. The van der Waals surface area contributed by atoms with Gasteiger partial charge in [-0.3, -0.25) is 37.3 Å². The molecule has 0 saturated heterocycles. The van der Waals surface area contributed by atoms with Gasteiger partial charge in [0.1, 0.15) is 19.3 Å². The van der Waals surface area contributed by atoms with Crippen molar-refractivity contribution in [2.75, 3.05) is 39.6 Å². The summed E-state index contributed by atoms with van der Waals surface area (Å²) in [6.07, 6.45) is 54.2. The number of carbonyl (C=O) groups is 4. The molecule has 0 aromatic rings. The van der Waals surface area contributed by atoms with Crippen LogP contribution < -0.4 is 0 Å². The van der Waals surface area contributed by atoms with Crippen LogP contribution in [0.4, 0.5) is 0 Å². The van der Waals surface area contributed by atoms with Crippen molar-refractivity contribution in [2.24, 2.45) is 23.7 Å². The Labute approximate surface area is 600 Å². The summed E-state index contributed by atoms with van der Waals surface area (Å²) in [6, 6.07) is 0. The molecule has 19 heteroatoms. The molecule has 0 heterocycles. The highest BCUT2D eigenvalue weighted by Crippen LogP contribution is 2.45. The van der Waals surface area contributed by atoms with E-state index >= 15 is 0 Å². The molecule has 582 valence electrons. The summed E-state index contributed by atoms with van der Waals surface area (Å²) in [5.74, 6) is 0.930. The van der Waals surface area contributed by atoms with Crippen LogP contribution in [0.15, 0.2) is 0 Å². The van der Waals surface area contributed by atoms with Gasteiger partial charge < -0.3 is 33.8 Å². The summed E-state index contributed by atoms with van der Waals surface area (Å²) in [6.45, 7) is 14.2. The number of carbonyl (C=O) groups excluding carboxylic acids is 4. The van der Waals surface area contributed by atoms with E-state index in [0.717, 1.165) is 114 Å². The summed E-state index contributed by atoms with van der Waals surface area (Å²) in [5.41, 5.74) is 0. The fourth-order valence-corrected chi connectivity index (χ4v) is 13.7. The fourth-order valence-electron chi connectivity index (χ4n) is 12.1. The van der Waals surface area contributed by atoms with E-state index in [4.69, 9.17) is 37.0 Å². The van der Waals surface area contributed by atoms with E-state index in [0.29, 0.717) is 31.6 Å². The second kappa shape index (κ2) is 68.2. The molecule has 98 heavy (non-hydrogen) atoms. The maximum Gasteiger partial charge on any atom is 0.472 e. The summed E-state index contributed by atoms with van der Waals surface area (Å²) in [5, 5.41) is 10.6. The normalized spacial score (nSPS) is 14.1. The first-order chi connectivity index (χ1) is 47.1. The number of phosphoric ester groups is 2. The summed E-state index contributed by atoms with van der Waals surface area (Å²) in [4.78, 5) is 72.9. The number of aliphatic hydroxyl groups is 1. The monoisotopic (exact) mass is 1440 g/mol. The molecule has 3 unspecified atom stereocenters. The van der Waals surface area contributed by atoms with Crippen LogP contribution in [0.5, 0.6) is 0 Å². The lowest BCUT2D eigenvalue weighted by atomic mass is 10.0. The van der Waals surface area contributed by atoms with E-state index in [1.165, 1.54) is 199 Å². The van der Waals surface area contributed by atoms with Crippen molar-refractivity contribution in [3.05, 3.63) is 0 Å². The van der Waals surface area contributed by atoms with Gasteiger partial charge in [0, 0.05) is 25.7 Å². The summed E-state index contributed by atoms with van der Waals surface area (Å²) in [7, 11) is -9.92. The van der Waals surface area contributed by atoms with Gasteiger partial charge in [-0.2, -0.15) is 0 Å². The van der Waals surface area contributed by atoms with Gasteiger partial charge in [-0.25, -0.2) is 9.13 Å². The van der Waals surface area contributed by atoms with Gasteiger partial charge in [-0.05, 0) is 49.4 Å². The van der Waals surface area contributed by atoms with Gasteiger partial charge in [-0.15, -0.1) is 0 Å². The molecule has 0 aliphatic heterocycles. The number of hydrogen-bond acceptors (Lipinski definition) is 15. The minimum absolute atomic E-state index is 0.106. The second-order valence-corrected chi connectivity index (χ2v) is 33.3. The Balaban J connectivity index is 5.22. The Bertz CT molecular complexity index is 1920. The van der Waals surface area contributed by atoms with Gasteiger partial charge in [0.15, 0.2) is 12.2 Å². The molecule has 0 fully saturated rings. The summed E-state index contributed by atoms with van der Waals surface area (Å²) < 4.78 is 68.6. The molecule has 0 radical (unpaired) electrons. The Kier molecular flexibility index (Phi) is 66.8. The van der Waals surface area contributed by atoms with Crippen LogP contribution in [0, 0.1) is 23.7 Å². The average Bonchev–Trinajstić information content (AvgIpc) is 0.961. The highest BCUT2D eigenvalue weighted by atomic mass is 31.2. The van der Waals surface area contributed by atoms with Gasteiger partial charge in [0.2, 0.25) is 0 Å². The van der Waals surface area contributed by atoms with Crippen LogP contribution in [0.3, 0.4) is 0 Å². The van der Waals surface area contributed by atoms with Crippen molar-refractivity contribution in [1.82, 2.24) is 0 Å². The first-order valence-electron chi connectivity index (χ1n) is 40.7. The number of esters is 4. The molecular weight excluding hydrogens is 1280 g/mol. The lowest BCUT2D eigenvalue weighted by Crippen LogP contribution is -2.30. The van der Waals surface area contributed by atoms with Crippen molar-refractivity contribution in [1.29, 1.82) is 0 Å². The van der Waals surface area contributed by atoms with Crippen LogP contribution in [-0.4, -0.2) is 96.7 Å². The molecule has 0 aromatic heterocycles. The molecule has 0 amide bonds. The number of phosphoric acid groups is 2. The Hall–Kier alpha value is -1.94. The number of aliphatic hydroxyl groups excluding tert-OH is 1. The molecule has 0 aliphatic rings. The topological polar surface area (TPSA) is 237 Å². The maximum atomic E-state index is 13.1. The smallest absolute Gasteiger partial charge is 0.462 e. The molecule has 5 atom stereocenters. The lowest BCUT2D eigenvalue weighted by molar-refractivity contribution is -0.161. The highest BCUT2D eigenvalue weighted by molar-refractivity contribution is 7.47. The average molecular weight is 1440 g/mol. The molecule has 0 saturated carbocycles. The van der Waals surface area contributed by atoms with Crippen LogP contribution in [0.2, 0.25) is 0 Å². The number of hydrogen-bond donors (Lipinski definition) is 3. The molecule has 17 nitrogen and oxygen atoms in total. The lowest BCUT2D eigenvalue weighted by Gasteiger charge is -2.21. The van der Waals surface area contributed by atoms with Gasteiger partial charge in [-0.1, -0.05) is 351 Å². The van der Waals surface area contributed by atoms with E-state index in [9.17, 15) is 43.2 Å².